The maximum Gasteiger partial charge on any atom is 0.336 e. The number of hydrogen-bond donors (Lipinski definition) is 4. The quantitative estimate of drug-likeness (QED) is 0.109. The molecule has 0 saturated heterocycles. The summed E-state index contributed by atoms with van der Waals surface area (Å²) in [6, 6.07) is 8.45. The smallest absolute Gasteiger partial charge is 0.336 e. The van der Waals surface area contributed by atoms with Gasteiger partial charge in [0.25, 0.3) is 0 Å². The molecule has 0 aromatic heterocycles. The van der Waals surface area contributed by atoms with Crippen LogP contribution in [0, 0.1) is 11.5 Å². The van der Waals surface area contributed by atoms with Crippen LogP contribution in [-0.2, 0) is 24.2 Å². The molecule has 43 heavy (non-hydrogen) atoms. The van der Waals surface area contributed by atoms with Gasteiger partial charge < -0.3 is 40.0 Å². The van der Waals surface area contributed by atoms with Gasteiger partial charge >= 0.3 is 17.9 Å². The second kappa shape index (κ2) is 18.7. The van der Waals surface area contributed by atoms with Crippen molar-refractivity contribution in [3.8, 4) is 6.19 Å². The number of sulfone groups is 1. The molecule has 0 spiro atoms. The molecule has 0 fully saturated rings. The third kappa shape index (κ3) is 15.3. The minimum atomic E-state index is -3.43. The minimum absolute atomic E-state index is 0.00992. The number of nitrogens with zero attached hydrogens (tertiary/aromatic N) is 6. The van der Waals surface area contributed by atoms with Gasteiger partial charge in [-0.05, 0) is 54.2 Å². The van der Waals surface area contributed by atoms with E-state index in [2.05, 4.69) is 19.7 Å². The van der Waals surface area contributed by atoms with Crippen molar-refractivity contribution in [1.82, 2.24) is 19.6 Å². The fraction of sp³-hybridized carbons (Fsp3) is 0.593. The Bertz CT molecular complexity index is 1190. The highest BCUT2D eigenvalue weighted by molar-refractivity contribution is 7.91. The highest BCUT2D eigenvalue weighted by Gasteiger charge is 2.40. The number of guanidine groups is 1. The van der Waals surface area contributed by atoms with E-state index in [1.54, 1.807) is 30.3 Å². The fourth-order valence-electron chi connectivity index (χ4n) is 3.58. The number of nitriles is 1. The number of aliphatic carboxylic acids is 3. The topological polar surface area (TPSA) is 215 Å². The van der Waals surface area contributed by atoms with Crippen molar-refractivity contribution in [2.24, 2.45) is 4.99 Å². The number of carboxylic acids is 3. The maximum absolute atomic E-state index is 12.8. The maximum atomic E-state index is 12.8. The van der Waals surface area contributed by atoms with Gasteiger partial charge in [-0.2, -0.15) is 5.26 Å². The summed E-state index contributed by atoms with van der Waals surface area (Å²) in [5, 5.41) is 43.2. The zero-order chi connectivity index (χ0) is 33.4. The molecule has 0 atom stereocenters. The molecule has 1 rings (SSSR count). The first-order valence-electron chi connectivity index (χ1n) is 13.3. The first kappa shape index (κ1) is 39.2. The number of hydrogen-bond acceptors (Lipinski definition) is 10. The van der Waals surface area contributed by atoms with Crippen LogP contribution in [0.3, 0.4) is 0 Å². The second-order valence-electron chi connectivity index (χ2n) is 10.5. The summed E-state index contributed by atoms with van der Waals surface area (Å²) in [5.41, 5.74) is -2.74. The average molecular weight is 629 g/mol. The average Bonchev–Trinajstić information content (AvgIpc) is 2.88. The van der Waals surface area contributed by atoms with Gasteiger partial charge in [0.05, 0.1) is 23.5 Å². The van der Waals surface area contributed by atoms with E-state index in [4.69, 9.17) is 20.4 Å². The number of benzene rings is 1. The van der Waals surface area contributed by atoms with E-state index in [1.807, 2.05) is 53.1 Å². The number of aliphatic imine (C=N–C) groups is 1. The third-order valence-electron chi connectivity index (χ3n) is 5.94. The SMILES string of the molecule is CC(C)N(CCS(=O)(=O)c1ccccc1)/C(=N\C#N)N(CCN(C)C)CCN(C)C.O=C(O)CC(O)(CC(=O)O)C(=O)O. The van der Waals surface area contributed by atoms with Crippen LogP contribution >= 0.6 is 0 Å². The van der Waals surface area contributed by atoms with Crippen LogP contribution in [0.4, 0.5) is 0 Å². The molecular weight excluding hydrogens is 584 g/mol. The molecule has 0 bridgehead atoms. The van der Waals surface area contributed by atoms with Gasteiger partial charge in [0.2, 0.25) is 12.2 Å². The highest BCUT2D eigenvalue weighted by Crippen LogP contribution is 2.16. The van der Waals surface area contributed by atoms with E-state index in [0.29, 0.717) is 23.9 Å². The predicted molar refractivity (Wildman–Crippen MR) is 159 cm³/mol. The van der Waals surface area contributed by atoms with E-state index in [9.17, 15) is 28.1 Å². The molecule has 0 aliphatic heterocycles. The van der Waals surface area contributed by atoms with Crippen LogP contribution in [0.25, 0.3) is 0 Å². The molecule has 15 nitrogen and oxygen atoms in total. The van der Waals surface area contributed by atoms with Gasteiger partial charge in [0.15, 0.2) is 15.4 Å². The van der Waals surface area contributed by atoms with Gasteiger partial charge in [0.1, 0.15) is 0 Å². The number of likely N-dealkylation sites (N-methyl/N-ethyl adjacent to an activating group) is 2. The molecule has 16 heteroatoms. The van der Waals surface area contributed by atoms with Crippen molar-refractivity contribution in [2.45, 2.75) is 43.2 Å². The Morgan fingerprint density at radius 2 is 1.35 bits per heavy atom. The minimum Gasteiger partial charge on any atom is -0.481 e. The van der Waals surface area contributed by atoms with Crippen LogP contribution in [0.2, 0.25) is 0 Å². The summed E-state index contributed by atoms with van der Waals surface area (Å²) in [7, 11) is 4.56. The van der Waals surface area contributed by atoms with Crippen molar-refractivity contribution in [1.29, 1.82) is 5.26 Å². The van der Waals surface area contributed by atoms with E-state index in [-0.39, 0.29) is 18.3 Å². The van der Waals surface area contributed by atoms with Gasteiger partial charge in [-0.25, -0.2) is 13.2 Å². The summed E-state index contributed by atoms with van der Waals surface area (Å²) < 4.78 is 25.6. The Labute approximate surface area is 253 Å². The lowest BCUT2D eigenvalue weighted by molar-refractivity contribution is -0.170. The molecule has 0 aliphatic carbocycles. The summed E-state index contributed by atoms with van der Waals surface area (Å²) in [6.07, 6.45) is -0.373. The van der Waals surface area contributed by atoms with Crippen LogP contribution in [0.15, 0.2) is 40.2 Å². The van der Waals surface area contributed by atoms with Gasteiger partial charge in [-0.1, -0.05) is 18.2 Å². The van der Waals surface area contributed by atoms with E-state index in [1.165, 1.54) is 0 Å². The zero-order valence-electron chi connectivity index (χ0n) is 25.5. The second-order valence-corrected chi connectivity index (χ2v) is 12.6. The van der Waals surface area contributed by atoms with E-state index >= 15 is 0 Å². The number of carbonyl (C=O) groups is 3. The molecule has 0 saturated carbocycles. The predicted octanol–water partition coefficient (Wildman–Crippen LogP) is 0.184. The van der Waals surface area contributed by atoms with Crippen LogP contribution < -0.4 is 0 Å². The monoisotopic (exact) mass is 628 g/mol. The molecule has 1 aromatic rings. The van der Waals surface area contributed by atoms with Crippen molar-refractivity contribution in [3.63, 3.8) is 0 Å². The number of aliphatic hydroxyl groups is 1. The van der Waals surface area contributed by atoms with Crippen LogP contribution in [-0.4, -0.2) is 151 Å². The van der Waals surface area contributed by atoms with Crippen molar-refractivity contribution < 1.29 is 43.2 Å². The van der Waals surface area contributed by atoms with Gasteiger partial charge in [-0.3, -0.25) is 9.59 Å². The Morgan fingerprint density at radius 1 is 0.884 bits per heavy atom. The Hall–Kier alpha value is -3.78. The largest absolute Gasteiger partial charge is 0.481 e. The fourth-order valence-corrected chi connectivity index (χ4v) is 4.83. The molecular formula is C27H44N6O9S. The molecule has 0 unspecified atom stereocenters. The van der Waals surface area contributed by atoms with Crippen molar-refractivity contribution in [2.75, 3.05) is 66.7 Å². The first-order chi connectivity index (χ1) is 19.9. The lowest BCUT2D eigenvalue weighted by atomic mass is 9.96. The molecule has 0 aliphatic rings. The standard InChI is InChI=1S/C21H36N6O2S.C6H8O7/c1-19(2)27(16-17-30(28,29)20-10-8-7-9-11-20)21(23-18-22)26(14-12-24(3)4)15-13-25(5)6;7-3(8)1-6(13,5(11)12)2-4(9)10/h7-11,19H,12-17H2,1-6H3;13H,1-2H2,(H,7,8)(H,9,10)(H,11,12)/b23-21-;. The summed E-state index contributed by atoms with van der Waals surface area (Å²) in [6.45, 7) is 7.20. The first-order valence-corrected chi connectivity index (χ1v) is 15.0. The molecule has 242 valence electrons. The molecule has 0 radical (unpaired) electrons. The summed E-state index contributed by atoms with van der Waals surface area (Å²) >= 11 is 0. The molecule has 0 heterocycles. The summed E-state index contributed by atoms with van der Waals surface area (Å²) in [4.78, 5) is 43.0. The zero-order valence-corrected chi connectivity index (χ0v) is 26.4. The molecule has 0 amide bonds. The van der Waals surface area contributed by atoms with Crippen LogP contribution in [0.5, 0.6) is 0 Å². The third-order valence-corrected chi connectivity index (χ3v) is 7.65. The Kier molecular flexibility index (Phi) is 17.1. The van der Waals surface area contributed by atoms with Crippen molar-refractivity contribution in [3.05, 3.63) is 30.3 Å². The van der Waals surface area contributed by atoms with Gasteiger partial charge in [0, 0.05) is 38.8 Å². The van der Waals surface area contributed by atoms with E-state index in [0.717, 1.165) is 13.1 Å². The van der Waals surface area contributed by atoms with Gasteiger partial charge in [-0.15, -0.1) is 4.99 Å². The number of carboxylic acid groups (broad SMARTS) is 3. The van der Waals surface area contributed by atoms with E-state index < -0.39 is 46.2 Å². The molecule has 1 aromatic carbocycles. The normalized spacial score (nSPS) is 12.0. The lowest BCUT2D eigenvalue weighted by Gasteiger charge is -2.37. The Balaban J connectivity index is 0.00000114. The molecule has 4 N–H and O–H groups in total. The number of rotatable bonds is 16. The van der Waals surface area contributed by atoms with Crippen molar-refractivity contribution >= 4 is 33.7 Å². The van der Waals surface area contributed by atoms with Crippen LogP contribution in [0.1, 0.15) is 26.7 Å². The highest BCUT2D eigenvalue weighted by atomic mass is 32.2. The lowest BCUT2D eigenvalue weighted by Crippen LogP contribution is -2.52. The Morgan fingerprint density at radius 3 is 1.70 bits per heavy atom. The summed E-state index contributed by atoms with van der Waals surface area (Å²) in [5.74, 6) is -4.54.